The van der Waals surface area contributed by atoms with Gasteiger partial charge in [0.2, 0.25) is 0 Å². The normalized spacial score (nSPS) is 19.6. The molecule has 0 saturated carbocycles. The lowest BCUT2D eigenvalue weighted by Gasteiger charge is -2.22. The summed E-state index contributed by atoms with van der Waals surface area (Å²) in [6, 6.07) is 9.09. The van der Waals surface area contributed by atoms with E-state index in [1.54, 1.807) is 11.3 Å². The average Bonchev–Trinajstić information content (AvgIpc) is 2.97. The first kappa shape index (κ1) is 13.7. The van der Waals surface area contributed by atoms with Crippen LogP contribution < -0.4 is 5.32 Å². The lowest BCUT2D eigenvalue weighted by molar-refractivity contribution is 0.572. The maximum Gasteiger partial charge on any atom is 0.134 e. The maximum atomic E-state index is 4.44. The van der Waals surface area contributed by atoms with Crippen LogP contribution in [0.5, 0.6) is 0 Å². The van der Waals surface area contributed by atoms with Crippen molar-refractivity contribution < 1.29 is 0 Å². The van der Waals surface area contributed by atoms with Gasteiger partial charge >= 0.3 is 0 Å². The minimum atomic E-state index is 0.308. The molecule has 0 fully saturated rings. The smallest absolute Gasteiger partial charge is 0.134 e. The molecule has 1 aliphatic carbocycles. The van der Waals surface area contributed by atoms with Gasteiger partial charge in [0, 0.05) is 5.92 Å². The van der Waals surface area contributed by atoms with Crippen LogP contribution in [0.25, 0.3) is 0 Å². The van der Waals surface area contributed by atoms with Gasteiger partial charge in [-0.05, 0) is 43.9 Å². The molecule has 2 aromatic rings. The van der Waals surface area contributed by atoms with Crippen molar-refractivity contribution in [3.63, 3.8) is 0 Å². The van der Waals surface area contributed by atoms with Gasteiger partial charge in [-0.2, -0.15) is 0 Å². The van der Waals surface area contributed by atoms with Crippen molar-refractivity contribution >= 4 is 11.3 Å². The van der Waals surface area contributed by atoms with E-state index in [0.717, 1.165) is 18.0 Å². The summed E-state index contributed by atoms with van der Waals surface area (Å²) in [5, 5.41) is 14.5. The second-order valence-electron chi connectivity index (χ2n) is 5.47. The lowest BCUT2D eigenvalue weighted by atomic mass is 9.84. The molecular formula is C16H21N3S. The van der Waals surface area contributed by atoms with Crippen LogP contribution in [-0.2, 0) is 12.8 Å². The molecule has 20 heavy (non-hydrogen) atoms. The van der Waals surface area contributed by atoms with E-state index in [-0.39, 0.29) is 0 Å². The Balaban J connectivity index is 1.75. The third kappa shape index (κ3) is 2.76. The summed E-state index contributed by atoms with van der Waals surface area (Å²) < 4.78 is 0. The molecule has 0 amide bonds. The van der Waals surface area contributed by atoms with E-state index in [9.17, 15) is 0 Å². The predicted octanol–water partition coefficient (Wildman–Crippen LogP) is 3.48. The zero-order valence-electron chi connectivity index (χ0n) is 12.1. The molecule has 2 atom stereocenters. The molecule has 2 unspecified atom stereocenters. The van der Waals surface area contributed by atoms with E-state index in [1.165, 1.54) is 29.0 Å². The first-order chi connectivity index (χ1) is 9.78. The first-order valence-electron chi connectivity index (χ1n) is 7.41. The number of hydrogen-bond donors (Lipinski definition) is 1. The van der Waals surface area contributed by atoms with Gasteiger partial charge in [-0.3, -0.25) is 0 Å². The molecule has 0 radical (unpaired) electrons. The molecule has 1 aromatic heterocycles. The first-order valence-corrected chi connectivity index (χ1v) is 8.23. The second-order valence-corrected chi connectivity index (χ2v) is 6.51. The Hall–Kier alpha value is -1.26. The molecule has 1 heterocycles. The summed E-state index contributed by atoms with van der Waals surface area (Å²) in [5.74, 6) is 0.546. The molecule has 3 nitrogen and oxygen atoms in total. The third-order valence-electron chi connectivity index (χ3n) is 4.03. The molecule has 0 bridgehead atoms. The molecule has 1 N–H and O–H groups in total. The number of nitrogens with one attached hydrogen (secondary N) is 1. The fraction of sp³-hybridized carbons (Fsp3) is 0.500. The van der Waals surface area contributed by atoms with Gasteiger partial charge in [0.05, 0.1) is 6.04 Å². The van der Waals surface area contributed by atoms with Crippen LogP contribution in [0.1, 0.15) is 53.4 Å². The zero-order valence-corrected chi connectivity index (χ0v) is 12.9. The van der Waals surface area contributed by atoms with Crippen molar-refractivity contribution in [1.29, 1.82) is 0 Å². The van der Waals surface area contributed by atoms with Crippen molar-refractivity contribution in [2.45, 2.75) is 45.1 Å². The van der Waals surface area contributed by atoms with Crippen molar-refractivity contribution in [2.24, 2.45) is 0 Å². The summed E-state index contributed by atoms with van der Waals surface area (Å²) in [6.45, 7) is 5.24. The van der Waals surface area contributed by atoms with Gasteiger partial charge in [0.25, 0.3) is 0 Å². The van der Waals surface area contributed by atoms with Gasteiger partial charge in [0.1, 0.15) is 10.0 Å². The van der Waals surface area contributed by atoms with Crippen molar-refractivity contribution in [2.75, 3.05) is 6.54 Å². The Labute approximate surface area is 124 Å². The van der Waals surface area contributed by atoms with Gasteiger partial charge in [0.15, 0.2) is 0 Å². The van der Waals surface area contributed by atoms with E-state index in [4.69, 9.17) is 0 Å². The van der Waals surface area contributed by atoms with Crippen LogP contribution in [0, 0.1) is 0 Å². The van der Waals surface area contributed by atoms with Crippen molar-refractivity contribution in [1.82, 2.24) is 15.5 Å². The molecule has 4 heteroatoms. The van der Waals surface area contributed by atoms with Gasteiger partial charge < -0.3 is 5.32 Å². The second kappa shape index (κ2) is 6.02. The third-order valence-corrected chi connectivity index (χ3v) is 5.30. The highest BCUT2D eigenvalue weighted by atomic mass is 32.1. The zero-order chi connectivity index (χ0) is 13.9. The molecule has 0 saturated heterocycles. The van der Waals surface area contributed by atoms with Crippen LogP contribution in [0.3, 0.4) is 0 Å². The largest absolute Gasteiger partial charge is 0.308 e. The number of fused-ring (bicyclic) bond motifs is 1. The van der Waals surface area contributed by atoms with Crippen LogP contribution in [0.4, 0.5) is 0 Å². The number of benzene rings is 1. The SMILES string of the molecule is CCNC(C)c1nnc(C2CCc3ccccc3C2)s1. The van der Waals surface area contributed by atoms with E-state index in [2.05, 4.69) is 53.6 Å². The Kier molecular flexibility index (Phi) is 4.13. The molecule has 1 aromatic carbocycles. The highest BCUT2D eigenvalue weighted by molar-refractivity contribution is 7.11. The summed E-state index contributed by atoms with van der Waals surface area (Å²) in [7, 11) is 0. The highest BCUT2D eigenvalue weighted by Crippen LogP contribution is 2.34. The topological polar surface area (TPSA) is 37.8 Å². The summed E-state index contributed by atoms with van der Waals surface area (Å²) in [4.78, 5) is 0. The monoisotopic (exact) mass is 287 g/mol. The van der Waals surface area contributed by atoms with Gasteiger partial charge in [-0.1, -0.05) is 42.5 Å². The minimum Gasteiger partial charge on any atom is -0.308 e. The van der Waals surface area contributed by atoms with Gasteiger partial charge in [-0.25, -0.2) is 0 Å². The van der Waals surface area contributed by atoms with E-state index >= 15 is 0 Å². The molecular weight excluding hydrogens is 266 g/mol. The molecule has 3 rings (SSSR count). The average molecular weight is 287 g/mol. The van der Waals surface area contributed by atoms with Crippen molar-refractivity contribution in [3.05, 3.63) is 45.4 Å². The number of hydrogen-bond acceptors (Lipinski definition) is 4. The van der Waals surface area contributed by atoms with Gasteiger partial charge in [-0.15, -0.1) is 10.2 Å². The number of aryl methyl sites for hydroxylation is 1. The number of aromatic nitrogens is 2. The minimum absolute atomic E-state index is 0.308. The maximum absolute atomic E-state index is 4.44. The lowest BCUT2D eigenvalue weighted by Crippen LogP contribution is -2.17. The van der Waals surface area contributed by atoms with E-state index in [0.29, 0.717) is 12.0 Å². The summed E-state index contributed by atoms with van der Waals surface area (Å²) >= 11 is 1.78. The van der Waals surface area contributed by atoms with Crippen LogP contribution >= 0.6 is 11.3 Å². The Morgan fingerprint density at radius 1 is 1.30 bits per heavy atom. The predicted molar refractivity (Wildman–Crippen MR) is 83.2 cm³/mol. The molecule has 0 spiro atoms. The molecule has 0 aliphatic heterocycles. The summed E-state index contributed by atoms with van der Waals surface area (Å²) in [6.07, 6.45) is 3.47. The number of rotatable bonds is 4. The van der Waals surface area contributed by atoms with Crippen LogP contribution in [-0.4, -0.2) is 16.7 Å². The Bertz CT molecular complexity index is 579. The van der Waals surface area contributed by atoms with E-state index < -0.39 is 0 Å². The standard InChI is InChI=1S/C16H21N3S/c1-3-17-11(2)15-18-19-16(20-15)14-9-8-12-6-4-5-7-13(12)10-14/h4-7,11,14,17H,3,8-10H2,1-2H3. The fourth-order valence-electron chi connectivity index (χ4n) is 2.89. The van der Waals surface area contributed by atoms with Crippen LogP contribution in [0.2, 0.25) is 0 Å². The summed E-state index contributed by atoms with van der Waals surface area (Å²) in [5.41, 5.74) is 3.00. The molecule has 1 aliphatic rings. The number of nitrogens with zero attached hydrogens (tertiary/aromatic N) is 2. The fourth-order valence-corrected chi connectivity index (χ4v) is 3.89. The quantitative estimate of drug-likeness (QED) is 0.935. The van der Waals surface area contributed by atoms with Crippen LogP contribution in [0.15, 0.2) is 24.3 Å². The Morgan fingerprint density at radius 3 is 2.90 bits per heavy atom. The van der Waals surface area contributed by atoms with Crippen molar-refractivity contribution in [3.8, 4) is 0 Å². The Morgan fingerprint density at radius 2 is 2.10 bits per heavy atom. The highest BCUT2D eigenvalue weighted by Gasteiger charge is 2.23. The van der Waals surface area contributed by atoms with E-state index in [1.807, 2.05) is 0 Å². The molecule has 106 valence electrons.